The Labute approximate surface area is 97.0 Å². The Kier molecular flexibility index (Phi) is 3.76. The van der Waals surface area contributed by atoms with Gasteiger partial charge in [0.15, 0.2) is 9.84 Å². The summed E-state index contributed by atoms with van der Waals surface area (Å²) >= 11 is 0. The Bertz CT molecular complexity index is 429. The second-order valence-corrected chi connectivity index (χ2v) is 7.61. The lowest BCUT2D eigenvalue weighted by molar-refractivity contribution is 0.201. The molecule has 1 atom stereocenters. The lowest BCUT2D eigenvalue weighted by Gasteiger charge is -2.21. The highest BCUT2D eigenvalue weighted by Crippen LogP contribution is 2.22. The minimum atomic E-state index is -3.30. The van der Waals surface area contributed by atoms with Gasteiger partial charge >= 0.3 is 0 Å². The summed E-state index contributed by atoms with van der Waals surface area (Å²) in [6.45, 7) is 4.92. The maximum absolute atomic E-state index is 11.9. The van der Waals surface area contributed by atoms with E-state index in [4.69, 9.17) is 0 Å². The van der Waals surface area contributed by atoms with Gasteiger partial charge in [-0.1, -0.05) is 30.3 Å². The number of hydrogen-bond acceptors (Lipinski definition) is 3. The summed E-state index contributed by atoms with van der Waals surface area (Å²) in [6.07, 6.45) is -0.953. The van der Waals surface area contributed by atoms with Crippen molar-refractivity contribution in [3.63, 3.8) is 0 Å². The van der Waals surface area contributed by atoms with Gasteiger partial charge in [-0.2, -0.15) is 0 Å². The van der Waals surface area contributed by atoms with Crippen molar-refractivity contribution in [2.45, 2.75) is 31.6 Å². The predicted molar refractivity (Wildman–Crippen MR) is 64.9 cm³/mol. The van der Waals surface area contributed by atoms with Gasteiger partial charge in [-0.25, -0.2) is 8.42 Å². The first-order chi connectivity index (χ1) is 7.24. The molecule has 0 heterocycles. The van der Waals surface area contributed by atoms with Gasteiger partial charge < -0.3 is 5.11 Å². The van der Waals surface area contributed by atoms with Crippen LogP contribution in [0.15, 0.2) is 30.3 Å². The van der Waals surface area contributed by atoms with Crippen molar-refractivity contribution in [1.82, 2.24) is 0 Å². The Morgan fingerprint density at radius 1 is 1.19 bits per heavy atom. The van der Waals surface area contributed by atoms with E-state index in [1.165, 1.54) is 0 Å². The van der Waals surface area contributed by atoms with E-state index in [-0.39, 0.29) is 5.75 Å². The molecule has 0 saturated heterocycles. The van der Waals surface area contributed by atoms with Gasteiger partial charge in [0.1, 0.15) is 0 Å². The summed E-state index contributed by atoms with van der Waals surface area (Å²) in [5, 5.41) is 9.84. The van der Waals surface area contributed by atoms with Crippen LogP contribution in [0.4, 0.5) is 0 Å². The highest BCUT2D eigenvalue weighted by molar-refractivity contribution is 7.92. The molecular weight excluding hydrogens is 224 g/mol. The first kappa shape index (κ1) is 13.2. The van der Waals surface area contributed by atoms with E-state index in [2.05, 4.69) is 0 Å². The van der Waals surface area contributed by atoms with Crippen molar-refractivity contribution in [1.29, 1.82) is 0 Å². The molecule has 0 bridgehead atoms. The van der Waals surface area contributed by atoms with Gasteiger partial charge in [0.25, 0.3) is 0 Å². The van der Waals surface area contributed by atoms with Gasteiger partial charge in [0.2, 0.25) is 0 Å². The Morgan fingerprint density at radius 2 is 1.69 bits per heavy atom. The van der Waals surface area contributed by atoms with Crippen molar-refractivity contribution >= 4 is 9.84 Å². The molecule has 0 fully saturated rings. The molecule has 1 rings (SSSR count). The molecule has 4 heteroatoms. The molecule has 0 aliphatic rings. The summed E-state index contributed by atoms with van der Waals surface area (Å²) in [5.41, 5.74) is 0.635. The molecule has 0 aliphatic heterocycles. The van der Waals surface area contributed by atoms with Gasteiger partial charge in [-0.15, -0.1) is 0 Å². The molecule has 90 valence electrons. The van der Waals surface area contributed by atoms with Gasteiger partial charge in [0.05, 0.1) is 16.6 Å². The standard InChI is InChI=1S/C12H18O3S/c1-12(2,3)16(14,15)9-11(13)10-7-5-4-6-8-10/h4-8,11,13H,9H2,1-3H3. The van der Waals surface area contributed by atoms with Crippen molar-refractivity contribution in [3.8, 4) is 0 Å². The van der Waals surface area contributed by atoms with E-state index in [0.717, 1.165) is 0 Å². The first-order valence-electron chi connectivity index (χ1n) is 5.19. The smallest absolute Gasteiger partial charge is 0.158 e. The van der Waals surface area contributed by atoms with E-state index >= 15 is 0 Å². The maximum atomic E-state index is 11.9. The topological polar surface area (TPSA) is 54.4 Å². The zero-order valence-corrected chi connectivity index (χ0v) is 10.7. The molecule has 1 N–H and O–H groups in total. The van der Waals surface area contributed by atoms with Crippen molar-refractivity contribution in [3.05, 3.63) is 35.9 Å². The van der Waals surface area contributed by atoms with Crippen LogP contribution in [0.25, 0.3) is 0 Å². The first-order valence-corrected chi connectivity index (χ1v) is 6.84. The number of aliphatic hydroxyl groups is 1. The van der Waals surface area contributed by atoms with Crippen LogP contribution in [-0.2, 0) is 9.84 Å². The second-order valence-electron chi connectivity index (χ2n) is 4.82. The molecule has 0 saturated carbocycles. The lowest BCUT2D eigenvalue weighted by Crippen LogP contribution is -2.32. The van der Waals surface area contributed by atoms with Crippen LogP contribution < -0.4 is 0 Å². The minimum Gasteiger partial charge on any atom is -0.387 e. The number of aliphatic hydroxyl groups excluding tert-OH is 1. The third kappa shape index (κ3) is 3.06. The third-order valence-electron chi connectivity index (χ3n) is 2.49. The summed E-state index contributed by atoms with van der Waals surface area (Å²) in [4.78, 5) is 0. The lowest BCUT2D eigenvalue weighted by atomic mass is 10.1. The average Bonchev–Trinajstić information content (AvgIpc) is 2.16. The Morgan fingerprint density at radius 3 is 2.12 bits per heavy atom. The van der Waals surface area contributed by atoms with Gasteiger partial charge in [-0.05, 0) is 26.3 Å². The zero-order valence-electron chi connectivity index (χ0n) is 9.84. The maximum Gasteiger partial charge on any atom is 0.158 e. The van der Waals surface area contributed by atoms with Gasteiger partial charge in [0, 0.05) is 0 Å². The van der Waals surface area contributed by atoms with E-state index in [9.17, 15) is 13.5 Å². The molecule has 0 aromatic heterocycles. The van der Waals surface area contributed by atoms with Crippen LogP contribution in [0.3, 0.4) is 0 Å². The molecule has 3 nitrogen and oxygen atoms in total. The average molecular weight is 242 g/mol. The highest BCUT2D eigenvalue weighted by Gasteiger charge is 2.31. The van der Waals surface area contributed by atoms with Crippen LogP contribution in [0.1, 0.15) is 32.4 Å². The Hall–Kier alpha value is -0.870. The highest BCUT2D eigenvalue weighted by atomic mass is 32.2. The van der Waals surface area contributed by atoms with Crippen LogP contribution in [0, 0.1) is 0 Å². The largest absolute Gasteiger partial charge is 0.387 e. The minimum absolute atomic E-state index is 0.236. The fourth-order valence-corrected chi connectivity index (χ4v) is 2.34. The zero-order chi connectivity index (χ0) is 12.4. The van der Waals surface area contributed by atoms with Crippen LogP contribution in [0.2, 0.25) is 0 Å². The molecule has 0 amide bonds. The number of hydrogen-bond donors (Lipinski definition) is 1. The molecule has 16 heavy (non-hydrogen) atoms. The Balaban J connectivity index is 2.85. The van der Waals surface area contributed by atoms with E-state index in [1.54, 1.807) is 45.0 Å². The van der Waals surface area contributed by atoms with Crippen LogP contribution >= 0.6 is 0 Å². The number of rotatable bonds is 3. The quantitative estimate of drug-likeness (QED) is 0.881. The van der Waals surface area contributed by atoms with E-state index in [0.29, 0.717) is 5.56 Å². The molecular formula is C12H18O3S. The normalized spacial score (nSPS) is 14.8. The number of benzene rings is 1. The second kappa shape index (κ2) is 4.55. The van der Waals surface area contributed by atoms with Crippen LogP contribution in [0.5, 0.6) is 0 Å². The summed E-state index contributed by atoms with van der Waals surface area (Å²) in [7, 11) is -3.30. The van der Waals surface area contributed by atoms with Crippen molar-refractivity contribution in [2.24, 2.45) is 0 Å². The summed E-state index contributed by atoms with van der Waals surface area (Å²) in [6, 6.07) is 8.84. The summed E-state index contributed by atoms with van der Waals surface area (Å²) in [5.74, 6) is -0.236. The van der Waals surface area contributed by atoms with E-state index in [1.807, 2.05) is 6.07 Å². The monoisotopic (exact) mass is 242 g/mol. The predicted octanol–water partition coefficient (Wildman–Crippen LogP) is 1.93. The molecule has 1 unspecified atom stereocenters. The summed E-state index contributed by atoms with van der Waals surface area (Å²) < 4.78 is 22.9. The fourth-order valence-electron chi connectivity index (χ4n) is 1.23. The molecule has 0 spiro atoms. The molecule has 1 aromatic carbocycles. The third-order valence-corrected chi connectivity index (χ3v) is 5.12. The molecule has 0 aliphatic carbocycles. The van der Waals surface area contributed by atoms with Gasteiger partial charge in [-0.3, -0.25) is 0 Å². The molecule has 0 radical (unpaired) electrons. The van der Waals surface area contributed by atoms with E-state index < -0.39 is 20.7 Å². The SMILES string of the molecule is CC(C)(C)S(=O)(=O)CC(O)c1ccccc1. The van der Waals surface area contributed by atoms with Crippen molar-refractivity contribution < 1.29 is 13.5 Å². The fraction of sp³-hybridized carbons (Fsp3) is 0.500. The van der Waals surface area contributed by atoms with Crippen LogP contribution in [-0.4, -0.2) is 24.0 Å². The number of sulfone groups is 1. The molecule has 1 aromatic rings. The van der Waals surface area contributed by atoms with Crippen molar-refractivity contribution in [2.75, 3.05) is 5.75 Å².